The first kappa shape index (κ1) is 15.3. The summed E-state index contributed by atoms with van der Waals surface area (Å²) < 4.78 is 9.55. The SMILES string of the molecule is NC(=O)c1cccc(C(N)=O)c1.NP(N)(N)=O. The van der Waals surface area contributed by atoms with Crippen LogP contribution in [0.5, 0.6) is 0 Å². The molecule has 0 spiro atoms. The van der Waals surface area contributed by atoms with Gasteiger partial charge in [0.05, 0.1) is 0 Å². The number of nitrogens with two attached hydrogens (primary N) is 5. The summed E-state index contributed by atoms with van der Waals surface area (Å²) in [6.07, 6.45) is 0. The molecule has 1 aromatic carbocycles. The number of carbonyl (C=O) groups excluding carboxylic acids is 2. The molecule has 0 aromatic heterocycles. The molecule has 0 aliphatic rings. The first-order chi connectivity index (χ1) is 7.61. The Hall–Kier alpha value is -1.73. The molecular formula is C8H14N5O3P. The Morgan fingerprint density at radius 1 is 0.941 bits per heavy atom. The van der Waals surface area contributed by atoms with Crippen LogP contribution in [0.3, 0.4) is 0 Å². The fourth-order valence-corrected chi connectivity index (χ4v) is 0.826. The predicted molar refractivity (Wildman–Crippen MR) is 63.6 cm³/mol. The van der Waals surface area contributed by atoms with Crippen LogP contribution < -0.4 is 28.0 Å². The Kier molecular flexibility index (Phi) is 5.49. The summed E-state index contributed by atoms with van der Waals surface area (Å²) in [6, 6.07) is 5.97. The maximum Gasteiger partial charge on any atom is 0.271 e. The first-order valence-electron chi connectivity index (χ1n) is 4.26. The molecule has 0 saturated heterocycles. The Labute approximate surface area is 97.6 Å². The van der Waals surface area contributed by atoms with Crippen LogP contribution in [-0.4, -0.2) is 11.8 Å². The monoisotopic (exact) mass is 259 g/mol. The van der Waals surface area contributed by atoms with Gasteiger partial charge in [-0.25, -0.2) is 0 Å². The smallest absolute Gasteiger partial charge is 0.271 e. The van der Waals surface area contributed by atoms with Crippen LogP contribution in [0.25, 0.3) is 0 Å². The summed E-state index contributed by atoms with van der Waals surface area (Å²) in [5.41, 5.74) is 23.9. The molecule has 0 aliphatic carbocycles. The quantitative estimate of drug-likeness (QED) is 0.418. The van der Waals surface area contributed by atoms with Gasteiger partial charge in [0.15, 0.2) is 0 Å². The molecule has 2 amide bonds. The van der Waals surface area contributed by atoms with Gasteiger partial charge in [0.2, 0.25) is 11.8 Å². The van der Waals surface area contributed by atoms with Gasteiger partial charge in [-0.1, -0.05) is 6.07 Å². The number of rotatable bonds is 2. The summed E-state index contributed by atoms with van der Waals surface area (Å²) in [7, 11) is -3.14. The molecule has 9 heteroatoms. The Balaban J connectivity index is 0.000000437. The van der Waals surface area contributed by atoms with Crippen molar-refractivity contribution in [2.24, 2.45) is 28.0 Å². The van der Waals surface area contributed by atoms with Crippen molar-refractivity contribution in [3.05, 3.63) is 35.4 Å². The van der Waals surface area contributed by atoms with E-state index in [0.717, 1.165) is 0 Å². The van der Waals surface area contributed by atoms with Crippen molar-refractivity contribution in [3.63, 3.8) is 0 Å². The number of primary amides is 2. The van der Waals surface area contributed by atoms with Crippen molar-refractivity contribution in [2.75, 3.05) is 0 Å². The third kappa shape index (κ3) is 8.12. The normalized spacial score (nSPS) is 10.1. The molecular weight excluding hydrogens is 245 g/mol. The first-order valence-corrected chi connectivity index (χ1v) is 6.18. The lowest BCUT2D eigenvalue weighted by atomic mass is 10.1. The van der Waals surface area contributed by atoms with Crippen LogP contribution in [-0.2, 0) is 4.57 Å². The highest BCUT2D eigenvalue weighted by molar-refractivity contribution is 7.56. The molecule has 0 aliphatic heterocycles. The van der Waals surface area contributed by atoms with Crippen molar-refractivity contribution in [1.82, 2.24) is 0 Å². The van der Waals surface area contributed by atoms with Gasteiger partial charge in [-0.15, -0.1) is 0 Å². The van der Waals surface area contributed by atoms with E-state index < -0.39 is 19.4 Å². The second-order valence-corrected chi connectivity index (χ2v) is 4.60. The molecule has 0 atom stereocenters. The average Bonchev–Trinajstić information content (AvgIpc) is 2.15. The van der Waals surface area contributed by atoms with Gasteiger partial charge in [-0.2, -0.15) is 0 Å². The number of hydrogen-bond donors (Lipinski definition) is 5. The van der Waals surface area contributed by atoms with Crippen LogP contribution in [0.4, 0.5) is 0 Å². The maximum atomic E-state index is 10.6. The summed E-state index contributed by atoms with van der Waals surface area (Å²) in [5, 5.41) is 0. The van der Waals surface area contributed by atoms with E-state index in [0.29, 0.717) is 0 Å². The van der Waals surface area contributed by atoms with E-state index in [2.05, 4.69) is 16.5 Å². The van der Waals surface area contributed by atoms with Crippen LogP contribution in [0.15, 0.2) is 24.3 Å². The highest BCUT2D eigenvalue weighted by Crippen LogP contribution is 2.07. The highest BCUT2D eigenvalue weighted by Gasteiger charge is 2.03. The van der Waals surface area contributed by atoms with Crippen LogP contribution in [0.1, 0.15) is 20.7 Å². The molecule has 1 rings (SSSR count). The predicted octanol–water partition coefficient (Wildman–Crippen LogP) is -1.14. The van der Waals surface area contributed by atoms with E-state index >= 15 is 0 Å². The highest BCUT2D eigenvalue weighted by atomic mass is 31.2. The van der Waals surface area contributed by atoms with Gasteiger partial charge >= 0.3 is 0 Å². The number of hydrogen-bond acceptors (Lipinski definition) is 3. The van der Waals surface area contributed by atoms with E-state index in [-0.39, 0.29) is 11.1 Å². The fourth-order valence-electron chi connectivity index (χ4n) is 0.826. The molecule has 94 valence electrons. The lowest BCUT2D eigenvalue weighted by molar-refractivity contribution is 0.0999. The molecule has 17 heavy (non-hydrogen) atoms. The van der Waals surface area contributed by atoms with Gasteiger partial charge < -0.3 is 11.5 Å². The average molecular weight is 259 g/mol. The van der Waals surface area contributed by atoms with E-state index in [4.69, 9.17) is 11.5 Å². The molecule has 0 heterocycles. The maximum absolute atomic E-state index is 10.6. The lowest BCUT2D eigenvalue weighted by Crippen LogP contribution is -2.14. The molecule has 10 N–H and O–H groups in total. The molecule has 0 saturated carbocycles. The minimum absolute atomic E-state index is 0.284. The Bertz CT molecular complexity index is 432. The summed E-state index contributed by atoms with van der Waals surface area (Å²) in [6.45, 7) is 0. The van der Waals surface area contributed by atoms with Gasteiger partial charge in [0.25, 0.3) is 7.59 Å². The molecule has 1 aromatic rings. The fraction of sp³-hybridized carbons (Fsp3) is 0. The molecule has 0 unspecified atom stereocenters. The minimum atomic E-state index is -3.14. The van der Waals surface area contributed by atoms with Crippen LogP contribution in [0, 0.1) is 0 Å². The Morgan fingerprint density at radius 3 is 1.47 bits per heavy atom. The third-order valence-corrected chi connectivity index (χ3v) is 1.43. The molecule has 8 nitrogen and oxygen atoms in total. The van der Waals surface area contributed by atoms with Crippen molar-refractivity contribution in [3.8, 4) is 0 Å². The summed E-state index contributed by atoms with van der Waals surface area (Å²) in [5.74, 6) is -1.14. The van der Waals surface area contributed by atoms with Crippen LogP contribution >= 0.6 is 7.59 Å². The van der Waals surface area contributed by atoms with Gasteiger partial charge in [0, 0.05) is 11.1 Å². The molecule has 0 radical (unpaired) electrons. The lowest BCUT2D eigenvalue weighted by Gasteiger charge is -1.97. The van der Waals surface area contributed by atoms with Crippen molar-refractivity contribution in [1.29, 1.82) is 0 Å². The van der Waals surface area contributed by atoms with E-state index in [1.807, 2.05) is 0 Å². The summed E-state index contributed by atoms with van der Waals surface area (Å²) in [4.78, 5) is 21.3. The number of benzene rings is 1. The minimum Gasteiger partial charge on any atom is -0.366 e. The van der Waals surface area contributed by atoms with E-state index in [1.54, 1.807) is 6.07 Å². The van der Waals surface area contributed by atoms with Crippen molar-refractivity contribution >= 4 is 19.4 Å². The van der Waals surface area contributed by atoms with Crippen LogP contribution in [0.2, 0.25) is 0 Å². The van der Waals surface area contributed by atoms with Gasteiger partial charge in [0.1, 0.15) is 0 Å². The topological polar surface area (TPSA) is 181 Å². The summed E-state index contributed by atoms with van der Waals surface area (Å²) >= 11 is 0. The van der Waals surface area contributed by atoms with Gasteiger partial charge in [-0.05, 0) is 18.2 Å². The zero-order chi connectivity index (χ0) is 13.6. The third-order valence-electron chi connectivity index (χ3n) is 1.43. The Morgan fingerprint density at radius 2 is 1.24 bits per heavy atom. The number of amides is 2. The largest absolute Gasteiger partial charge is 0.366 e. The van der Waals surface area contributed by atoms with Gasteiger partial charge in [-0.3, -0.25) is 30.7 Å². The van der Waals surface area contributed by atoms with Crippen molar-refractivity contribution in [2.45, 2.75) is 0 Å². The second kappa shape index (κ2) is 6.12. The zero-order valence-corrected chi connectivity index (χ0v) is 9.76. The van der Waals surface area contributed by atoms with Crippen molar-refractivity contribution < 1.29 is 14.2 Å². The molecule has 0 fully saturated rings. The van der Waals surface area contributed by atoms with E-state index in [1.165, 1.54) is 18.2 Å². The molecule has 0 bridgehead atoms. The second-order valence-electron chi connectivity index (χ2n) is 3.07. The number of carbonyl (C=O) groups is 2. The zero-order valence-electron chi connectivity index (χ0n) is 8.87. The van der Waals surface area contributed by atoms with E-state index in [9.17, 15) is 14.2 Å². The standard InChI is InChI=1S/C8H8N2O2.H6N3OP/c9-7(11)5-2-1-3-6(4-5)8(10)12;1-5(2,3)4/h1-4H,(H2,9,11)(H2,10,12);(H6,1,2,3,4).